The van der Waals surface area contributed by atoms with Gasteiger partial charge in [-0.15, -0.1) is 0 Å². The third-order valence-corrected chi connectivity index (χ3v) is 3.14. The number of carbonyl (C=O) groups is 2. The van der Waals surface area contributed by atoms with Gasteiger partial charge in [-0.05, 0) is 31.6 Å². The normalized spacial score (nSPS) is 10.5. The van der Waals surface area contributed by atoms with Crippen molar-refractivity contribution in [3.8, 4) is 11.4 Å². The molecule has 0 atom stereocenters. The minimum Gasteiger partial charge on any atom is -0.465 e. The quantitative estimate of drug-likeness (QED) is 0.569. The van der Waals surface area contributed by atoms with E-state index in [0.29, 0.717) is 17.0 Å². The molecule has 0 saturated carbocycles. The van der Waals surface area contributed by atoms with E-state index in [1.165, 1.54) is 6.08 Å². The summed E-state index contributed by atoms with van der Waals surface area (Å²) >= 11 is 0. The second-order valence-electron chi connectivity index (χ2n) is 4.72. The molecule has 0 fully saturated rings. The molecule has 7 heteroatoms. The van der Waals surface area contributed by atoms with Crippen molar-refractivity contribution in [1.29, 1.82) is 0 Å². The van der Waals surface area contributed by atoms with Gasteiger partial charge in [0, 0.05) is 5.56 Å². The van der Waals surface area contributed by atoms with Crippen molar-refractivity contribution in [2.75, 3.05) is 13.2 Å². The lowest BCUT2D eigenvalue weighted by molar-refractivity contribution is -0.156. The highest BCUT2D eigenvalue weighted by molar-refractivity contribution is 6.01. The third kappa shape index (κ3) is 3.87. The summed E-state index contributed by atoms with van der Waals surface area (Å²) in [4.78, 5) is 28.5. The minimum absolute atomic E-state index is 0.169. The minimum atomic E-state index is -1.16. The topological polar surface area (TPSA) is 91.5 Å². The van der Waals surface area contributed by atoms with Crippen LogP contribution in [-0.2, 0) is 19.1 Å². The number of nitrogens with zero attached hydrogens (tertiary/aromatic N) is 2. The Morgan fingerprint density at radius 2 is 1.92 bits per heavy atom. The first-order valence-corrected chi connectivity index (χ1v) is 7.50. The summed E-state index contributed by atoms with van der Waals surface area (Å²) in [5.41, 5.74) is 1.04. The van der Waals surface area contributed by atoms with E-state index in [2.05, 4.69) is 16.7 Å². The van der Waals surface area contributed by atoms with Gasteiger partial charge in [0.1, 0.15) is 0 Å². The average molecular weight is 330 g/mol. The van der Waals surface area contributed by atoms with E-state index in [0.717, 1.165) is 0 Å². The maximum atomic E-state index is 12.2. The molecule has 0 N–H and O–H groups in total. The van der Waals surface area contributed by atoms with Crippen molar-refractivity contribution in [2.45, 2.75) is 19.8 Å². The highest BCUT2D eigenvalue weighted by Gasteiger charge is 2.31. The van der Waals surface area contributed by atoms with Gasteiger partial charge in [-0.1, -0.05) is 29.9 Å². The summed E-state index contributed by atoms with van der Waals surface area (Å²) in [5, 5.41) is 3.83. The number of esters is 2. The Balaban J connectivity index is 2.39. The van der Waals surface area contributed by atoms with Gasteiger partial charge in [0.25, 0.3) is 0 Å². The number of rotatable bonds is 7. The first kappa shape index (κ1) is 17.4. The zero-order valence-electron chi connectivity index (χ0n) is 13.5. The van der Waals surface area contributed by atoms with Crippen LogP contribution < -0.4 is 0 Å². The molecule has 0 saturated heterocycles. The van der Waals surface area contributed by atoms with Crippen LogP contribution in [-0.4, -0.2) is 35.3 Å². The SMILES string of the molecule is C=Cc1nc(-c2cccc(C(C(=O)OCC)C(=O)OCC)c2)no1. The molecular weight excluding hydrogens is 312 g/mol. The second-order valence-corrected chi connectivity index (χ2v) is 4.72. The van der Waals surface area contributed by atoms with Gasteiger partial charge in [-0.25, -0.2) is 0 Å². The Bertz CT molecular complexity index is 720. The standard InChI is InChI=1S/C17H18N2O5/c1-4-13-18-15(19-24-13)12-9-7-8-11(10-12)14(16(20)22-5-2)17(21)23-6-3/h4,7-10,14H,1,5-6H2,2-3H3. The molecule has 126 valence electrons. The molecule has 0 aliphatic rings. The molecule has 0 radical (unpaired) electrons. The number of benzene rings is 1. The fraction of sp³-hybridized carbons (Fsp3) is 0.294. The predicted octanol–water partition coefficient (Wildman–Crippen LogP) is 2.59. The van der Waals surface area contributed by atoms with Gasteiger partial charge in [0.15, 0.2) is 5.92 Å². The summed E-state index contributed by atoms with van der Waals surface area (Å²) in [6, 6.07) is 6.72. The maximum absolute atomic E-state index is 12.2. The van der Waals surface area contributed by atoms with E-state index in [4.69, 9.17) is 14.0 Å². The summed E-state index contributed by atoms with van der Waals surface area (Å²) < 4.78 is 15.0. The lowest BCUT2D eigenvalue weighted by Gasteiger charge is -2.15. The van der Waals surface area contributed by atoms with E-state index < -0.39 is 17.9 Å². The molecule has 1 heterocycles. The molecule has 7 nitrogen and oxygen atoms in total. The first-order valence-electron chi connectivity index (χ1n) is 7.50. The summed E-state index contributed by atoms with van der Waals surface area (Å²) in [7, 11) is 0. The van der Waals surface area contributed by atoms with Gasteiger partial charge in [-0.3, -0.25) is 9.59 Å². The molecule has 0 bridgehead atoms. The van der Waals surface area contributed by atoms with Crippen LogP contribution >= 0.6 is 0 Å². The molecule has 2 aromatic rings. The molecule has 0 unspecified atom stereocenters. The predicted molar refractivity (Wildman–Crippen MR) is 85.8 cm³/mol. The molecule has 1 aromatic heterocycles. The molecule has 2 rings (SSSR count). The average Bonchev–Trinajstić information content (AvgIpc) is 3.05. The van der Waals surface area contributed by atoms with Crippen LogP contribution in [0.4, 0.5) is 0 Å². The second kappa shape index (κ2) is 8.05. The summed E-state index contributed by atoms with van der Waals surface area (Å²) in [6.07, 6.45) is 1.43. The highest BCUT2D eigenvalue weighted by atomic mass is 16.6. The van der Waals surface area contributed by atoms with Crippen LogP contribution in [0.3, 0.4) is 0 Å². The zero-order valence-corrected chi connectivity index (χ0v) is 13.5. The van der Waals surface area contributed by atoms with Crippen LogP contribution in [0.25, 0.3) is 17.5 Å². The molecule has 0 spiro atoms. The van der Waals surface area contributed by atoms with Gasteiger partial charge >= 0.3 is 11.9 Å². The summed E-state index contributed by atoms with van der Waals surface area (Å²) in [6.45, 7) is 7.24. The number of hydrogen-bond donors (Lipinski definition) is 0. The van der Waals surface area contributed by atoms with Gasteiger partial charge in [0.05, 0.1) is 13.2 Å². The van der Waals surface area contributed by atoms with E-state index >= 15 is 0 Å². The van der Waals surface area contributed by atoms with Crippen molar-refractivity contribution >= 4 is 18.0 Å². The van der Waals surface area contributed by atoms with E-state index in [-0.39, 0.29) is 19.1 Å². The molecule has 0 amide bonds. The van der Waals surface area contributed by atoms with E-state index in [1.807, 2.05) is 0 Å². The molecule has 1 aromatic carbocycles. The lowest BCUT2D eigenvalue weighted by atomic mass is 9.97. The first-order chi connectivity index (χ1) is 11.6. The van der Waals surface area contributed by atoms with Gasteiger partial charge in [-0.2, -0.15) is 4.98 Å². The van der Waals surface area contributed by atoms with Crippen molar-refractivity contribution in [3.05, 3.63) is 42.3 Å². The fourth-order valence-corrected chi connectivity index (χ4v) is 2.11. The third-order valence-electron chi connectivity index (χ3n) is 3.14. The van der Waals surface area contributed by atoms with Crippen LogP contribution in [0.5, 0.6) is 0 Å². The zero-order chi connectivity index (χ0) is 17.5. The molecule has 0 aliphatic carbocycles. The Hall–Kier alpha value is -2.96. The van der Waals surface area contributed by atoms with Crippen molar-refractivity contribution in [2.24, 2.45) is 0 Å². The largest absolute Gasteiger partial charge is 0.465 e. The van der Waals surface area contributed by atoms with Crippen LogP contribution in [0, 0.1) is 0 Å². The van der Waals surface area contributed by atoms with Crippen molar-refractivity contribution in [3.63, 3.8) is 0 Å². The van der Waals surface area contributed by atoms with Crippen molar-refractivity contribution < 1.29 is 23.6 Å². The number of aromatic nitrogens is 2. The Labute approximate surface area is 139 Å². The molecule has 0 aliphatic heterocycles. The Kier molecular flexibility index (Phi) is 5.83. The van der Waals surface area contributed by atoms with Gasteiger partial charge < -0.3 is 14.0 Å². The Morgan fingerprint density at radius 1 is 1.25 bits per heavy atom. The van der Waals surface area contributed by atoms with Crippen LogP contribution in [0.1, 0.15) is 31.2 Å². The van der Waals surface area contributed by atoms with Crippen LogP contribution in [0.2, 0.25) is 0 Å². The smallest absolute Gasteiger partial charge is 0.324 e. The van der Waals surface area contributed by atoms with E-state index in [9.17, 15) is 9.59 Å². The number of hydrogen-bond acceptors (Lipinski definition) is 7. The van der Waals surface area contributed by atoms with Crippen LogP contribution in [0.15, 0.2) is 35.4 Å². The lowest BCUT2D eigenvalue weighted by Crippen LogP contribution is -2.26. The number of ether oxygens (including phenoxy) is 2. The maximum Gasteiger partial charge on any atom is 0.324 e. The van der Waals surface area contributed by atoms with E-state index in [1.54, 1.807) is 38.1 Å². The Morgan fingerprint density at radius 3 is 2.46 bits per heavy atom. The molecular formula is C17H18N2O5. The number of carbonyl (C=O) groups excluding carboxylic acids is 2. The molecule has 24 heavy (non-hydrogen) atoms. The fourth-order valence-electron chi connectivity index (χ4n) is 2.11. The highest BCUT2D eigenvalue weighted by Crippen LogP contribution is 2.25. The summed E-state index contributed by atoms with van der Waals surface area (Å²) in [5.74, 6) is -1.86. The van der Waals surface area contributed by atoms with Crippen molar-refractivity contribution in [1.82, 2.24) is 10.1 Å². The monoisotopic (exact) mass is 330 g/mol. The van der Waals surface area contributed by atoms with Gasteiger partial charge in [0.2, 0.25) is 11.7 Å².